The second kappa shape index (κ2) is 2.96. The number of para-hydroxylation sites is 1. The first-order valence-corrected chi connectivity index (χ1v) is 5.69. The normalized spacial score (nSPS) is 18.0. The lowest BCUT2D eigenvalue weighted by atomic mass is 10.2. The predicted molar refractivity (Wildman–Crippen MR) is 55.3 cm³/mol. The molecular formula is C8H7ClN2O2S. The Morgan fingerprint density at radius 3 is 2.86 bits per heavy atom. The summed E-state index contributed by atoms with van der Waals surface area (Å²) in [5.74, 6) is 0. The van der Waals surface area contributed by atoms with E-state index in [-0.39, 0.29) is 10.2 Å². The second-order valence-electron chi connectivity index (χ2n) is 2.93. The maximum Gasteiger partial charge on any atom is 0.287 e. The Morgan fingerprint density at radius 2 is 2.14 bits per heavy atom. The summed E-state index contributed by atoms with van der Waals surface area (Å²) >= 11 is 5.56. The topological polar surface area (TPSA) is 58.5 Å². The molecule has 1 aromatic carbocycles. The summed E-state index contributed by atoms with van der Waals surface area (Å²) in [5, 5.41) is 2.60. The van der Waals surface area contributed by atoms with Gasteiger partial charge in [-0.2, -0.15) is 8.42 Å². The summed E-state index contributed by atoms with van der Waals surface area (Å²) in [7, 11) is -3.62. The monoisotopic (exact) mass is 230 g/mol. The van der Waals surface area contributed by atoms with E-state index in [4.69, 9.17) is 11.6 Å². The van der Waals surface area contributed by atoms with Gasteiger partial charge in [0.05, 0.1) is 5.69 Å². The molecule has 0 unspecified atom stereocenters. The molecule has 1 aromatic rings. The van der Waals surface area contributed by atoms with Gasteiger partial charge in [-0.3, -0.25) is 0 Å². The van der Waals surface area contributed by atoms with Gasteiger partial charge < -0.3 is 5.32 Å². The Kier molecular flexibility index (Phi) is 2.01. The first-order valence-electron chi connectivity index (χ1n) is 3.88. The van der Waals surface area contributed by atoms with Crippen LogP contribution in [0.1, 0.15) is 5.56 Å². The first-order chi connectivity index (χ1) is 6.50. The van der Waals surface area contributed by atoms with Crippen molar-refractivity contribution in [1.82, 2.24) is 0 Å². The van der Waals surface area contributed by atoms with Crippen LogP contribution in [-0.4, -0.2) is 13.7 Å². The molecule has 74 valence electrons. The van der Waals surface area contributed by atoms with Crippen LogP contribution in [0.5, 0.6) is 0 Å². The fraction of sp³-hybridized carbons (Fsp3) is 0.125. The number of sulfonamides is 1. The zero-order valence-corrected chi connectivity index (χ0v) is 8.85. The van der Waals surface area contributed by atoms with E-state index in [1.54, 1.807) is 19.1 Å². The molecule has 0 aromatic heterocycles. The van der Waals surface area contributed by atoms with Gasteiger partial charge in [0.25, 0.3) is 10.0 Å². The number of nitrogens with zero attached hydrogens (tertiary/aromatic N) is 1. The van der Waals surface area contributed by atoms with Crippen LogP contribution in [0, 0.1) is 6.92 Å². The summed E-state index contributed by atoms with van der Waals surface area (Å²) < 4.78 is 26.4. The van der Waals surface area contributed by atoms with Gasteiger partial charge in [0.15, 0.2) is 0 Å². The third-order valence-corrected chi connectivity index (χ3v) is 3.54. The van der Waals surface area contributed by atoms with Crippen molar-refractivity contribution in [2.45, 2.75) is 11.8 Å². The number of aryl methyl sites for hydroxylation is 1. The molecule has 1 aliphatic heterocycles. The maximum atomic E-state index is 11.5. The minimum atomic E-state index is -3.62. The van der Waals surface area contributed by atoms with Crippen LogP contribution >= 0.6 is 11.6 Å². The molecule has 0 amide bonds. The number of nitrogens with one attached hydrogen (secondary N) is 1. The fourth-order valence-electron chi connectivity index (χ4n) is 1.30. The maximum absolute atomic E-state index is 11.5. The Hall–Kier alpha value is -1.07. The molecule has 0 radical (unpaired) electrons. The molecule has 4 nitrogen and oxygen atoms in total. The molecule has 0 saturated heterocycles. The van der Waals surface area contributed by atoms with E-state index in [1.165, 1.54) is 6.07 Å². The Labute approximate surface area is 86.7 Å². The van der Waals surface area contributed by atoms with Crippen LogP contribution in [0.25, 0.3) is 0 Å². The van der Waals surface area contributed by atoms with Crippen molar-refractivity contribution in [3.8, 4) is 0 Å². The van der Waals surface area contributed by atoms with Crippen molar-refractivity contribution in [3.05, 3.63) is 23.8 Å². The summed E-state index contributed by atoms with van der Waals surface area (Å²) in [6.45, 7) is 1.80. The number of rotatable bonds is 0. The van der Waals surface area contributed by atoms with Crippen LogP contribution in [0.3, 0.4) is 0 Å². The van der Waals surface area contributed by atoms with Crippen molar-refractivity contribution >= 4 is 32.6 Å². The van der Waals surface area contributed by atoms with E-state index < -0.39 is 10.0 Å². The third-order valence-electron chi connectivity index (χ3n) is 1.94. The van der Waals surface area contributed by atoms with Gasteiger partial charge in [-0.25, -0.2) is 0 Å². The number of anilines is 1. The number of halogens is 1. The predicted octanol–water partition coefficient (Wildman–Crippen LogP) is 1.70. The summed E-state index contributed by atoms with van der Waals surface area (Å²) in [5.41, 5.74) is 1.33. The number of benzene rings is 1. The van der Waals surface area contributed by atoms with Gasteiger partial charge in [0, 0.05) is 0 Å². The van der Waals surface area contributed by atoms with E-state index in [9.17, 15) is 8.42 Å². The van der Waals surface area contributed by atoms with Gasteiger partial charge >= 0.3 is 0 Å². The van der Waals surface area contributed by atoms with Gasteiger partial charge in [0.2, 0.25) is 5.29 Å². The molecule has 0 fully saturated rings. The number of hydrogen-bond acceptors (Lipinski definition) is 3. The van der Waals surface area contributed by atoms with Crippen molar-refractivity contribution < 1.29 is 8.42 Å². The van der Waals surface area contributed by atoms with Crippen molar-refractivity contribution in [1.29, 1.82) is 0 Å². The quantitative estimate of drug-likeness (QED) is 0.691. The zero-order valence-electron chi connectivity index (χ0n) is 7.28. The highest BCUT2D eigenvalue weighted by atomic mass is 35.5. The fourth-order valence-corrected chi connectivity index (χ4v) is 2.74. The molecule has 2 rings (SSSR count). The van der Waals surface area contributed by atoms with E-state index >= 15 is 0 Å². The van der Waals surface area contributed by atoms with Gasteiger partial charge in [-0.1, -0.05) is 12.1 Å². The average Bonchev–Trinajstić information content (AvgIpc) is 2.05. The summed E-state index contributed by atoms with van der Waals surface area (Å²) in [6, 6.07) is 4.97. The minimum absolute atomic E-state index is 0.119. The average molecular weight is 231 g/mol. The molecule has 1 N–H and O–H groups in total. The van der Waals surface area contributed by atoms with Crippen LogP contribution in [0.4, 0.5) is 5.69 Å². The zero-order chi connectivity index (χ0) is 10.3. The lowest BCUT2D eigenvalue weighted by Crippen LogP contribution is -2.17. The Balaban J connectivity index is 2.78. The van der Waals surface area contributed by atoms with E-state index in [0.29, 0.717) is 5.69 Å². The van der Waals surface area contributed by atoms with Crippen LogP contribution in [0.2, 0.25) is 0 Å². The van der Waals surface area contributed by atoms with Crippen molar-refractivity contribution in [3.63, 3.8) is 0 Å². The molecule has 1 aliphatic rings. The standard InChI is InChI=1S/C8H7ClN2O2S/c1-5-3-2-4-6-7(5)10-8(9)11-14(6,12)13/h2-4H,1H3,(H,10,11). The van der Waals surface area contributed by atoms with E-state index in [2.05, 4.69) is 9.71 Å². The molecule has 0 bridgehead atoms. The molecule has 6 heteroatoms. The molecule has 0 saturated carbocycles. The first kappa shape index (κ1) is 9.48. The van der Waals surface area contributed by atoms with Gasteiger partial charge in [-0.15, -0.1) is 4.40 Å². The van der Waals surface area contributed by atoms with Gasteiger partial charge in [-0.05, 0) is 30.2 Å². The molecule has 0 atom stereocenters. The second-order valence-corrected chi connectivity index (χ2v) is 4.86. The largest absolute Gasteiger partial charge is 0.328 e. The highest BCUT2D eigenvalue weighted by Gasteiger charge is 2.24. The lowest BCUT2D eigenvalue weighted by molar-refractivity contribution is 0.598. The number of amidine groups is 1. The highest BCUT2D eigenvalue weighted by Crippen LogP contribution is 2.30. The van der Waals surface area contributed by atoms with E-state index in [1.807, 2.05) is 0 Å². The Morgan fingerprint density at radius 1 is 1.43 bits per heavy atom. The number of fused-ring (bicyclic) bond motifs is 1. The summed E-state index contributed by atoms with van der Waals surface area (Å²) in [6.07, 6.45) is 0. The highest BCUT2D eigenvalue weighted by molar-refractivity contribution is 7.90. The molecule has 0 aliphatic carbocycles. The van der Waals surface area contributed by atoms with E-state index in [0.717, 1.165) is 5.56 Å². The van der Waals surface area contributed by atoms with Gasteiger partial charge in [0.1, 0.15) is 4.90 Å². The summed E-state index contributed by atoms with van der Waals surface area (Å²) in [4.78, 5) is 0.168. The Bertz CT molecular complexity index is 522. The molecular weight excluding hydrogens is 224 g/mol. The molecule has 1 heterocycles. The van der Waals surface area contributed by atoms with Crippen molar-refractivity contribution in [2.24, 2.45) is 4.40 Å². The lowest BCUT2D eigenvalue weighted by Gasteiger charge is -2.16. The smallest absolute Gasteiger partial charge is 0.287 e. The van der Waals surface area contributed by atoms with Crippen LogP contribution in [-0.2, 0) is 10.0 Å². The van der Waals surface area contributed by atoms with Crippen molar-refractivity contribution in [2.75, 3.05) is 5.32 Å². The number of hydrogen-bond donors (Lipinski definition) is 1. The third kappa shape index (κ3) is 1.38. The minimum Gasteiger partial charge on any atom is -0.328 e. The molecule has 0 spiro atoms. The SMILES string of the molecule is Cc1cccc2c1NC(Cl)=NS2(=O)=O. The van der Waals surface area contributed by atoms with Crippen LogP contribution < -0.4 is 5.32 Å². The van der Waals surface area contributed by atoms with Crippen LogP contribution in [0.15, 0.2) is 27.5 Å². The molecule has 14 heavy (non-hydrogen) atoms.